The molecule has 21 heavy (non-hydrogen) atoms. The number of anilines is 2. The number of imidazole rings is 1. The molecule has 0 radical (unpaired) electrons. The molecule has 1 aromatic carbocycles. The molecule has 0 aliphatic rings. The molecule has 1 atom stereocenters. The van der Waals surface area contributed by atoms with Crippen molar-refractivity contribution in [2.75, 3.05) is 32.8 Å². The summed E-state index contributed by atoms with van der Waals surface area (Å²) in [5.74, 6) is 0.824. The fourth-order valence-corrected chi connectivity index (χ4v) is 2.28. The Morgan fingerprint density at radius 3 is 2.81 bits per heavy atom. The molecule has 1 N–H and O–H groups in total. The van der Waals surface area contributed by atoms with Crippen LogP contribution in [0.1, 0.15) is 18.5 Å². The molecule has 114 valence electrons. The molecular weight excluding hydrogens is 266 g/mol. The molecule has 1 aromatic heterocycles. The largest absolute Gasteiger partial charge is 0.384 e. The van der Waals surface area contributed by atoms with Gasteiger partial charge in [-0.1, -0.05) is 18.2 Å². The fourth-order valence-electron chi connectivity index (χ4n) is 2.28. The Hall–Kier alpha value is -1.85. The third-order valence-electron chi connectivity index (χ3n) is 3.39. The van der Waals surface area contributed by atoms with Crippen LogP contribution in [0.25, 0.3) is 0 Å². The van der Waals surface area contributed by atoms with Crippen LogP contribution in [0.2, 0.25) is 0 Å². The lowest BCUT2D eigenvalue weighted by molar-refractivity contribution is 0.163. The average Bonchev–Trinajstić information content (AvgIpc) is 2.95. The van der Waals surface area contributed by atoms with Gasteiger partial charge in [0.1, 0.15) is 0 Å². The number of ether oxygens (including phenoxy) is 2. The van der Waals surface area contributed by atoms with Crippen molar-refractivity contribution in [2.24, 2.45) is 0 Å². The normalized spacial score (nSPS) is 12.3. The predicted octanol–water partition coefficient (Wildman–Crippen LogP) is 3.02. The molecule has 2 rings (SSSR count). The van der Waals surface area contributed by atoms with Gasteiger partial charge in [0.25, 0.3) is 0 Å². The number of nitrogens with zero attached hydrogens (tertiary/aromatic N) is 2. The van der Waals surface area contributed by atoms with E-state index in [4.69, 9.17) is 9.47 Å². The first-order valence-corrected chi connectivity index (χ1v) is 7.12. The molecule has 2 aromatic rings. The Labute approximate surface area is 125 Å². The second-order valence-corrected chi connectivity index (χ2v) is 4.99. The lowest BCUT2D eigenvalue weighted by atomic mass is 10.1. The van der Waals surface area contributed by atoms with E-state index in [1.165, 1.54) is 5.56 Å². The van der Waals surface area contributed by atoms with Gasteiger partial charge in [0, 0.05) is 32.3 Å². The third-order valence-corrected chi connectivity index (χ3v) is 3.39. The monoisotopic (exact) mass is 289 g/mol. The van der Waals surface area contributed by atoms with Crippen LogP contribution in [0.15, 0.2) is 36.7 Å². The van der Waals surface area contributed by atoms with Crippen LogP contribution in [0.3, 0.4) is 0 Å². The fraction of sp³-hybridized carbons (Fsp3) is 0.438. The minimum absolute atomic E-state index is 0.228. The van der Waals surface area contributed by atoms with Crippen LogP contribution in [0.5, 0.6) is 0 Å². The molecule has 0 spiro atoms. The summed E-state index contributed by atoms with van der Waals surface area (Å²) in [5, 5.41) is 3.41. The van der Waals surface area contributed by atoms with Crippen LogP contribution >= 0.6 is 0 Å². The summed E-state index contributed by atoms with van der Waals surface area (Å²) >= 11 is 0. The summed E-state index contributed by atoms with van der Waals surface area (Å²) in [7, 11) is 3.43. The number of hydrogen-bond donors (Lipinski definition) is 1. The summed E-state index contributed by atoms with van der Waals surface area (Å²) in [6.07, 6.45) is 4.63. The highest BCUT2D eigenvalue weighted by molar-refractivity contribution is 5.58. The first-order valence-electron chi connectivity index (χ1n) is 7.12. The van der Waals surface area contributed by atoms with E-state index < -0.39 is 0 Å². The van der Waals surface area contributed by atoms with Crippen LogP contribution < -0.4 is 5.32 Å². The maximum atomic E-state index is 5.22. The number of methoxy groups -OCH3 is 2. The average molecular weight is 289 g/mol. The molecule has 1 unspecified atom stereocenters. The summed E-state index contributed by atoms with van der Waals surface area (Å²) in [6, 6.07) is 8.45. The van der Waals surface area contributed by atoms with Gasteiger partial charge in [0.05, 0.1) is 19.3 Å². The second kappa shape index (κ2) is 7.81. The van der Waals surface area contributed by atoms with Gasteiger partial charge in [-0.3, -0.25) is 0 Å². The molecule has 0 aliphatic carbocycles. The molecule has 0 saturated heterocycles. The maximum Gasteiger partial charge on any atom is 0.207 e. The van der Waals surface area contributed by atoms with Crippen molar-refractivity contribution in [3.05, 3.63) is 42.2 Å². The summed E-state index contributed by atoms with van der Waals surface area (Å²) in [6.45, 7) is 3.46. The number of nitrogens with one attached hydrogen (secondary N) is 1. The quantitative estimate of drug-likeness (QED) is 0.811. The number of rotatable bonds is 8. The number of aromatic nitrogens is 2. The van der Waals surface area contributed by atoms with Crippen LogP contribution in [0.4, 0.5) is 11.6 Å². The van der Waals surface area contributed by atoms with Crippen LogP contribution in [-0.4, -0.2) is 37.0 Å². The minimum atomic E-state index is 0.228. The van der Waals surface area contributed by atoms with Crippen LogP contribution in [-0.2, 0) is 15.9 Å². The van der Waals surface area contributed by atoms with E-state index in [2.05, 4.69) is 33.9 Å². The van der Waals surface area contributed by atoms with Crippen molar-refractivity contribution in [3.8, 4) is 0 Å². The van der Waals surface area contributed by atoms with Crippen molar-refractivity contribution in [3.63, 3.8) is 0 Å². The maximum absolute atomic E-state index is 5.22. The highest BCUT2D eigenvalue weighted by Gasteiger charge is 2.11. The van der Waals surface area contributed by atoms with Crippen molar-refractivity contribution in [2.45, 2.75) is 19.4 Å². The smallest absolute Gasteiger partial charge is 0.207 e. The molecule has 0 fully saturated rings. The summed E-state index contributed by atoms with van der Waals surface area (Å²) in [5.41, 5.74) is 2.28. The van der Waals surface area contributed by atoms with E-state index in [0.29, 0.717) is 13.2 Å². The van der Waals surface area contributed by atoms with E-state index in [9.17, 15) is 0 Å². The third kappa shape index (κ3) is 4.06. The first-order chi connectivity index (χ1) is 10.3. The number of para-hydroxylation sites is 1. The van der Waals surface area contributed by atoms with Gasteiger partial charge in [-0.25, -0.2) is 4.98 Å². The Bertz CT molecular complexity index is 554. The molecule has 5 heteroatoms. The highest BCUT2D eigenvalue weighted by atomic mass is 16.5. The van der Waals surface area contributed by atoms with Gasteiger partial charge in [-0.2, -0.15) is 0 Å². The Balaban J connectivity index is 2.17. The first kappa shape index (κ1) is 15.5. The van der Waals surface area contributed by atoms with Gasteiger partial charge in [-0.15, -0.1) is 0 Å². The lowest BCUT2D eigenvalue weighted by Crippen LogP contribution is -2.13. The lowest BCUT2D eigenvalue weighted by Gasteiger charge is -2.17. The number of hydrogen-bond acceptors (Lipinski definition) is 4. The van der Waals surface area contributed by atoms with Crippen LogP contribution in [0, 0.1) is 0 Å². The van der Waals surface area contributed by atoms with Crippen molar-refractivity contribution in [1.82, 2.24) is 9.55 Å². The molecule has 0 saturated carbocycles. The van der Waals surface area contributed by atoms with E-state index in [1.807, 2.05) is 18.3 Å². The SMILES string of the molecule is COCCc1ccccc1Nc1nccn1C(C)COC. The topological polar surface area (TPSA) is 48.3 Å². The second-order valence-electron chi connectivity index (χ2n) is 4.99. The van der Waals surface area contributed by atoms with Crippen molar-refractivity contribution >= 4 is 11.6 Å². The van der Waals surface area contributed by atoms with E-state index in [1.54, 1.807) is 20.4 Å². The molecule has 0 aliphatic heterocycles. The summed E-state index contributed by atoms with van der Waals surface area (Å²) in [4.78, 5) is 4.40. The van der Waals surface area contributed by atoms with Gasteiger partial charge in [0.15, 0.2) is 0 Å². The van der Waals surface area contributed by atoms with E-state index in [0.717, 1.165) is 18.1 Å². The van der Waals surface area contributed by atoms with Gasteiger partial charge in [0.2, 0.25) is 5.95 Å². The Kier molecular flexibility index (Phi) is 5.78. The predicted molar refractivity (Wildman–Crippen MR) is 84.1 cm³/mol. The number of benzene rings is 1. The highest BCUT2D eigenvalue weighted by Crippen LogP contribution is 2.22. The summed E-state index contributed by atoms with van der Waals surface area (Å²) < 4.78 is 12.5. The van der Waals surface area contributed by atoms with Crippen molar-refractivity contribution < 1.29 is 9.47 Å². The zero-order valence-corrected chi connectivity index (χ0v) is 12.9. The van der Waals surface area contributed by atoms with Gasteiger partial charge < -0.3 is 19.4 Å². The molecular formula is C16H23N3O2. The zero-order chi connectivity index (χ0) is 15.1. The molecule has 0 amide bonds. The van der Waals surface area contributed by atoms with Gasteiger partial charge in [-0.05, 0) is 25.0 Å². The standard InChI is InChI=1S/C16H23N3O2/c1-13(12-21-3)19-10-9-17-16(19)18-15-7-5-4-6-14(15)8-11-20-2/h4-7,9-10,13H,8,11-12H2,1-3H3,(H,17,18). The molecule has 1 heterocycles. The molecule has 5 nitrogen and oxygen atoms in total. The van der Waals surface area contributed by atoms with Gasteiger partial charge >= 0.3 is 0 Å². The molecule has 0 bridgehead atoms. The Morgan fingerprint density at radius 2 is 2.05 bits per heavy atom. The van der Waals surface area contributed by atoms with Crippen molar-refractivity contribution in [1.29, 1.82) is 0 Å². The van der Waals surface area contributed by atoms with E-state index >= 15 is 0 Å². The Morgan fingerprint density at radius 1 is 1.24 bits per heavy atom. The van der Waals surface area contributed by atoms with E-state index in [-0.39, 0.29) is 6.04 Å². The minimum Gasteiger partial charge on any atom is -0.384 e. The zero-order valence-electron chi connectivity index (χ0n) is 12.9.